The molecule has 0 nitrogen and oxygen atoms in total. The Morgan fingerprint density at radius 1 is 0.275 bits per heavy atom. The van der Waals surface area contributed by atoms with Crippen LogP contribution in [0.5, 0.6) is 0 Å². The van der Waals surface area contributed by atoms with E-state index < -0.39 is 108 Å². The normalized spacial score (nSPS) is 11.6. The van der Waals surface area contributed by atoms with Gasteiger partial charge >= 0.3 is 0 Å². The van der Waals surface area contributed by atoms with Crippen LogP contribution in [0.4, 0.5) is 39.5 Å². The molecular weight excluding hydrogens is 542 g/mol. The van der Waals surface area contributed by atoms with Gasteiger partial charge in [-0.25, -0.2) is 39.5 Å². The summed E-state index contributed by atoms with van der Waals surface area (Å²) in [4.78, 5) is 0. The average molecular weight is 554 g/mol. The second-order valence-electron chi connectivity index (χ2n) is 9.14. The first-order valence-electron chi connectivity index (χ1n) is 11.8. The van der Waals surface area contributed by atoms with Crippen molar-refractivity contribution in [1.82, 2.24) is 0 Å². The lowest BCUT2D eigenvalue weighted by Crippen LogP contribution is -2.59. The van der Waals surface area contributed by atoms with Crippen molar-refractivity contribution in [2.24, 2.45) is 0 Å². The molecule has 0 amide bonds. The number of halogens is 9. The van der Waals surface area contributed by atoms with E-state index in [1.165, 1.54) is 36.4 Å². The van der Waals surface area contributed by atoms with Crippen molar-refractivity contribution in [1.29, 1.82) is 0 Å². The van der Waals surface area contributed by atoms with Crippen LogP contribution in [0.3, 0.4) is 0 Å². The van der Waals surface area contributed by atoms with Crippen LogP contribution in [-0.4, -0.2) is 6.71 Å². The first kappa shape index (κ1) is 25.8. The average Bonchev–Trinajstić information content (AvgIpc) is 2.97. The molecule has 6 aromatic carbocycles. The molecule has 0 atom stereocenters. The maximum Gasteiger partial charge on any atom is 0.264 e. The van der Waals surface area contributed by atoms with Crippen LogP contribution in [0.2, 0.25) is 0 Å². The maximum atomic E-state index is 16.0. The van der Waals surface area contributed by atoms with Crippen molar-refractivity contribution < 1.29 is 39.5 Å². The van der Waals surface area contributed by atoms with E-state index in [0.717, 1.165) is 36.4 Å². The second kappa shape index (κ2) is 9.33. The summed E-state index contributed by atoms with van der Waals surface area (Å²) in [5.41, 5.74) is -4.59. The minimum absolute atomic E-state index is 0.573. The summed E-state index contributed by atoms with van der Waals surface area (Å²) in [5, 5.41) is -3.49. The van der Waals surface area contributed by atoms with Gasteiger partial charge in [0.25, 0.3) is 6.71 Å². The molecule has 0 bridgehead atoms. The summed E-state index contributed by atoms with van der Waals surface area (Å²) < 4.78 is 141. The third-order valence-electron chi connectivity index (χ3n) is 7.06. The molecule has 6 rings (SSSR count). The summed E-state index contributed by atoms with van der Waals surface area (Å²) in [7, 11) is 0. The van der Waals surface area contributed by atoms with Crippen molar-refractivity contribution in [3.8, 4) is 0 Å². The van der Waals surface area contributed by atoms with E-state index in [1.54, 1.807) is 0 Å². The largest absolute Gasteiger partial charge is 0.264 e. The first-order chi connectivity index (χ1) is 19.1. The van der Waals surface area contributed by atoms with Crippen LogP contribution >= 0.6 is 0 Å². The fraction of sp³-hybridized carbons (Fsp3) is 0. The van der Waals surface area contributed by atoms with Crippen LogP contribution in [0.15, 0.2) is 72.8 Å². The third kappa shape index (κ3) is 3.51. The Morgan fingerprint density at radius 2 is 0.475 bits per heavy atom. The highest BCUT2D eigenvalue weighted by molar-refractivity contribution is 6.96. The van der Waals surface area contributed by atoms with Gasteiger partial charge in [-0.15, -0.1) is 0 Å². The van der Waals surface area contributed by atoms with Gasteiger partial charge in [0, 0.05) is 48.7 Å². The minimum atomic E-state index is -2.84. The summed E-state index contributed by atoms with van der Waals surface area (Å²) >= 11 is 0. The van der Waals surface area contributed by atoms with E-state index in [-0.39, 0.29) is 0 Å². The zero-order valence-corrected chi connectivity index (χ0v) is 19.9. The lowest BCUT2D eigenvalue weighted by atomic mass is 9.35. The van der Waals surface area contributed by atoms with E-state index in [2.05, 4.69) is 0 Å². The highest BCUT2D eigenvalue weighted by atomic mass is 19.2. The molecule has 0 aliphatic carbocycles. The van der Waals surface area contributed by atoms with E-state index in [9.17, 15) is 0 Å². The molecule has 0 radical (unpaired) electrons. The lowest BCUT2D eigenvalue weighted by Gasteiger charge is -2.23. The molecule has 0 aliphatic rings. The van der Waals surface area contributed by atoms with Crippen LogP contribution < -0.4 is 16.4 Å². The van der Waals surface area contributed by atoms with Gasteiger partial charge in [0.1, 0.15) is 17.5 Å². The summed E-state index contributed by atoms with van der Waals surface area (Å²) in [6.07, 6.45) is 0. The fourth-order valence-corrected chi connectivity index (χ4v) is 5.22. The molecule has 0 saturated heterocycles. The molecule has 10 heteroatoms. The molecule has 6 aromatic rings. The molecule has 0 spiro atoms. The van der Waals surface area contributed by atoms with E-state index in [4.69, 9.17) is 0 Å². The van der Waals surface area contributed by atoms with Gasteiger partial charge in [-0.3, -0.25) is 0 Å². The smallest absolute Gasteiger partial charge is 0.207 e. The Bertz CT molecular complexity index is 1790. The molecule has 0 saturated carbocycles. The molecular formula is C30H12BF9. The maximum absolute atomic E-state index is 16.0. The Hall–Kier alpha value is -4.47. The van der Waals surface area contributed by atoms with Gasteiger partial charge < -0.3 is 0 Å². The van der Waals surface area contributed by atoms with E-state index in [1.807, 2.05) is 0 Å². The van der Waals surface area contributed by atoms with E-state index in [0.29, 0.717) is 0 Å². The standard InChI is InChI=1S/C30H12BF9/c32-22-13-7-1-4-10-16(13)25(35)28(38)19(22)31(20-23(33)14-8-2-5-11-17(14)26(36)29(20)39)21-24(34)15-9-3-6-12-18(15)27(37)30(21)40/h1-12H. The predicted molar refractivity (Wildman–Crippen MR) is 136 cm³/mol. The van der Waals surface area contributed by atoms with Crippen LogP contribution in [0.1, 0.15) is 0 Å². The van der Waals surface area contributed by atoms with Crippen molar-refractivity contribution in [2.45, 2.75) is 0 Å². The highest BCUT2D eigenvalue weighted by Gasteiger charge is 2.42. The quantitative estimate of drug-likeness (QED) is 0.127. The van der Waals surface area contributed by atoms with Crippen molar-refractivity contribution in [2.75, 3.05) is 0 Å². The summed E-state index contributed by atoms with van der Waals surface area (Å²) in [5.74, 6) is -16.1. The number of hydrogen-bond acceptors (Lipinski definition) is 0. The fourth-order valence-electron chi connectivity index (χ4n) is 5.22. The number of fused-ring (bicyclic) bond motifs is 3. The summed E-state index contributed by atoms with van der Waals surface area (Å²) in [6.45, 7) is -2.84. The number of benzene rings is 6. The zero-order valence-electron chi connectivity index (χ0n) is 19.9. The number of hydrogen-bond donors (Lipinski definition) is 0. The Kier molecular flexibility index (Phi) is 6.01. The predicted octanol–water partition coefficient (Wildman–Crippen LogP) is 6.91. The monoisotopic (exact) mass is 554 g/mol. The molecule has 0 aliphatic heterocycles. The SMILES string of the molecule is Fc1c(B(c2c(F)c(F)c3ccccc3c2F)c2c(F)c(F)c3ccccc3c2F)c(F)c2ccccc2c1F. The highest BCUT2D eigenvalue weighted by Crippen LogP contribution is 2.28. The topological polar surface area (TPSA) is 0 Å². The lowest BCUT2D eigenvalue weighted by molar-refractivity contribution is 0.508. The van der Waals surface area contributed by atoms with Crippen LogP contribution in [-0.2, 0) is 0 Å². The second-order valence-corrected chi connectivity index (χ2v) is 9.14. The summed E-state index contributed by atoms with van der Waals surface area (Å²) in [6, 6.07) is 13.6. The van der Waals surface area contributed by atoms with Gasteiger partial charge in [0.2, 0.25) is 0 Å². The molecule has 0 fully saturated rings. The molecule has 0 unspecified atom stereocenters. The van der Waals surface area contributed by atoms with Gasteiger partial charge in [-0.2, -0.15) is 0 Å². The first-order valence-corrected chi connectivity index (χ1v) is 11.8. The molecule has 0 N–H and O–H groups in total. The number of rotatable bonds is 3. The van der Waals surface area contributed by atoms with Crippen LogP contribution in [0.25, 0.3) is 32.3 Å². The Labute approximate surface area is 220 Å². The van der Waals surface area contributed by atoms with E-state index >= 15 is 39.5 Å². The third-order valence-corrected chi connectivity index (χ3v) is 7.06. The van der Waals surface area contributed by atoms with Gasteiger partial charge in [-0.05, 0) is 0 Å². The van der Waals surface area contributed by atoms with Gasteiger partial charge in [-0.1, -0.05) is 72.8 Å². The van der Waals surface area contributed by atoms with Gasteiger partial charge in [0.15, 0.2) is 34.9 Å². The molecule has 198 valence electrons. The molecule has 0 heterocycles. The van der Waals surface area contributed by atoms with Gasteiger partial charge in [0.05, 0.1) is 0 Å². The minimum Gasteiger partial charge on any atom is -0.207 e. The van der Waals surface area contributed by atoms with Crippen molar-refractivity contribution >= 4 is 55.4 Å². The molecule has 0 aromatic heterocycles. The van der Waals surface area contributed by atoms with Crippen LogP contribution in [0, 0.1) is 52.4 Å². The Morgan fingerprint density at radius 3 is 0.700 bits per heavy atom. The van der Waals surface area contributed by atoms with Crippen molar-refractivity contribution in [3.05, 3.63) is 125 Å². The zero-order chi connectivity index (χ0) is 28.5. The Balaban J connectivity index is 1.86. The van der Waals surface area contributed by atoms with Crippen molar-refractivity contribution in [3.63, 3.8) is 0 Å². The molecule has 40 heavy (non-hydrogen) atoms.